The molecule has 0 bridgehead atoms. The second-order valence-electron chi connectivity index (χ2n) is 9.43. The Morgan fingerprint density at radius 1 is 0.525 bits per heavy atom. The molecule has 1 N–H and O–H groups in total. The molecule has 0 atom stereocenters. The standard InChI is InChI=1S/C32H18BrN3O4/c33-23-16-21-26-25-22(30(38)35(31(39)27(23)25)19-12-6-2-7-13-19)17-24(34-18-10-4-1-5-11-18)28(26)32(40)36(29(21)37)20-14-8-3-9-15-20/h1-17,34H. The zero-order valence-electron chi connectivity index (χ0n) is 20.7. The van der Waals surface area contributed by atoms with Gasteiger partial charge in [0.25, 0.3) is 23.6 Å². The molecule has 7 nitrogen and oxygen atoms in total. The number of nitrogens with one attached hydrogen (secondary N) is 1. The highest BCUT2D eigenvalue weighted by molar-refractivity contribution is 9.10. The molecule has 7 rings (SSSR count). The Kier molecular flexibility index (Phi) is 5.40. The van der Waals surface area contributed by atoms with Crippen LogP contribution in [0.15, 0.2) is 108 Å². The van der Waals surface area contributed by atoms with Crippen LogP contribution in [0.25, 0.3) is 10.8 Å². The number of halogens is 1. The van der Waals surface area contributed by atoms with Crippen LogP contribution in [0.4, 0.5) is 22.7 Å². The number of para-hydroxylation sites is 3. The Balaban J connectivity index is 1.56. The Labute approximate surface area is 236 Å². The fraction of sp³-hybridized carbons (Fsp3) is 0. The molecule has 2 aliphatic rings. The van der Waals surface area contributed by atoms with Crippen LogP contribution < -0.4 is 15.1 Å². The third kappa shape index (κ3) is 3.43. The van der Waals surface area contributed by atoms with Crippen molar-refractivity contribution in [2.45, 2.75) is 0 Å². The van der Waals surface area contributed by atoms with Gasteiger partial charge in [-0.1, -0.05) is 54.6 Å². The van der Waals surface area contributed by atoms with E-state index in [4.69, 9.17) is 0 Å². The van der Waals surface area contributed by atoms with Gasteiger partial charge >= 0.3 is 0 Å². The number of carbonyl (C=O) groups excluding carboxylic acids is 4. The highest BCUT2D eigenvalue weighted by Crippen LogP contribution is 2.46. The van der Waals surface area contributed by atoms with E-state index in [1.165, 1.54) is 0 Å². The molecule has 5 aromatic carbocycles. The smallest absolute Gasteiger partial charge is 0.268 e. The number of imide groups is 2. The molecule has 2 heterocycles. The molecule has 0 unspecified atom stereocenters. The van der Waals surface area contributed by atoms with Crippen LogP contribution in [0, 0.1) is 0 Å². The van der Waals surface area contributed by atoms with E-state index in [2.05, 4.69) is 21.2 Å². The molecule has 5 aromatic rings. The molecule has 40 heavy (non-hydrogen) atoms. The van der Waals surface area contributed by atoms with E-state index in [9.17, 15) is 19.2 Å². The minimum absolute atomic E-state index is 0.212. The van der Waals surface area contributed by atoms with E-state index in [1.807, 2.05) is 30.3 Å². The lowest BCUT2D eigenvalue weighted by Crippen LogP contribution is -2.44. The first-order valence-electron chi connectivity index (χ1n) is 12.5. The Morgan fingerprint density at radius 3 is 1.52 bits per heavy atom. The van der Waals surface area contributed by atoms with Crippen LogP contribution in [0.5, 0.6) is 0 Å². The second-order valence-corrected chi connectivity index (χ2v) is 10.3. The predicted octanol–water partition coefficient (Wildman–Crippen LogP) is 6.95. The van der Waals surface area contributed by atoms with Crippen LogP contribution in [-0.4, -0.2) is 23.6 Å². The first-order valence-corrected chi connectivity index (χ1v) is 13.3. The van der Waals surface area contributed by atoms with E-state index < -0.39 is 23.6 Å². The summed E-state index contributed by atoms with van der Waals surface area (Å²) in [5, 5.41) is 3.86. The average molecular weight is 588 g/mol. The average Bonchev–Trinajstić information content (AvgIpc) is 2.97. The molecule has 4 amide bonds. The zero-order chi connectivity index (χ0) is 27.5. The van der Waals surface area contributed by atoms with Crippen molar-refractivity contribution in [1.29, 1.82) is 0 Å². The Hall–Kier alpha value is -5.08. The maximum Gasteiger partial charge on any atom is 0.268 e. The van der Waals surface area contributed by atoms with Gasteiger partial charge in [-0.2, -0.15) is 0 Å². The van der Waals surface area contributed by atoms with Gasteiger partial charge in [0.05, 0.1) is 39.3 Å². The number of anilines is 4. The van der Waals surface area contributed by atoms with Gasteiger partial charge in [-0.15, -0.1) is 0 Å². The van der Waals surface area contributed by atoms with Gasteiger partial charge in [0, 0.05) is 20.9 Å². The van der Waals surface area contributed by atoms with Gasteiger partial charge in [0.15, 0.2) is 0 Å². The summed E-state index contributed by atoms with van der Waals surface area (Å²) >= 11 is 3.51. The largest absolute Gasteiger partial charge is 0.355 e. The molecule has 192 valence electrons. The van der Waals surface area contributed by atoms with Crippen molar-refractivity contribution in [3.63, 3.8) is 0 Å². The van der Waals surface area contributed by atoms with Crippen molar-refractivity contribution < 1.29 is 19.2 Å². The maximum atomic E-state index is 14.2. The van der Waals surface area contributed by atoms with Crippen LogP contribution in [0.3, 0.4) is 0 Å². The monoisotopic (exact) mass is 587 g/mol. The molecular weight excluding hydrogens is 570 g/mol. The van der Waals surface area contributed by atoms with Crippen LogP contribution >= 0.6 is 15.9 Å². The summed E-state index contributed by atoms with van der Waals surface area (Å²) in [5.41, 5.74) is 2.76. The minimum atomic E-state index is -0.549. The van der Waals surface area contributed by atoms with Crippen molar-refractivity contribution >= 4 is 73.1 Å². The summed E-state index contributed by atoms with van der Waals surface area (Å²) in [4.78, 5) is 58.2. The normalized spacial score (nSPS) is 14.2. The highest BCUT2D eigenvalue weighted by Gasteiger charge is 2.43. The van der Waals surface area contributed by atoms with Crippen molar-refractivity contribution in [3.05, 3.63) is 130 Å². The van der Waals surface area contributed by atoms with Gasteiger partial charge in [-0.25, -0.2) is 9.80 Å². The van der Waals surface area contributed by atoms with Crippen molar-refractivity contribution in [3.8, 4) is 0 Å². The summed E-state index contributed by atoms with van der Waals surface area (Å²) in [6, 6.07) is 29.8. The number of nitrogens with zero attached hydrogens (tertiary/aromatic N) is 2. The highest BCUT2D eigenvalue weighted by atomic mass is 79.9. The molecule has 0 saturated carbocycles. The van der Waals surface area contributed by atoms with Gasteiger partial charge in [0.1, 0.15) is 0 Å². The molecule has 0 spiro atoms. The van der Waals surface area contributed by atoms with Gasteiger partial charge in [-0.3, -0.25) is 19.2 Å². The summed E-state index contributed by atoms with van der Waals surface area (Å²) in [6.07, 6.45) is 0. The van der Waals surface area contributed by atoms with E-state index in [-0.39, 0.29) is 33.0 Å². The predicted molar refractivity (Wildman–Crippen MR) is 157 cm³/mol. The number of carbonyl (C=O) groups is 4. The summed E-state index contributed by atoms with van der Waals surface area (Å²) in [5.74, 6) is -2.17. The third-order valence-electron chi connectivity index (χ3n) is 7.14. The second kappa shape index (κ2) is 9.00. The lowest BCUT2D eigenvalue weighted by Gasteiger charge is -2.34. The summed E-state index contributed by atoms with van der Waals surface area (Å²) in [7, 11) is 0. The molecule has 0 fully saturated rings. The maximum absolute atomic E-state index is 14.2. The fourth-order valence-electron chi connectivity index (χ4n) is 5.42. The van der Waals surface area contributed by atoms with E-state index >= 15 is 0 Å². The van der Waals surface area contributed by atoms with Gasteiger partial charge in [-0.05, 0) is 64.5 Å². The lowest BCUT2D eigenvalue weighted by atomic mass is 9.84. The third-order valence-corrected chi connectivity index (χ3v) is 7.76. The molecule has 0 saturated heterocycles. The topological polar surface area (TPSA) is 86.8 Å². The van der Waals surface area contributed by atoms with E-state index in [1.54, 1.807) is 72.8 Å². The SMILES string of the molecule is O=C1c2cc(Nc3ccccc3)c3c4c(cc(Br)c(c24)C(=O)N1c1ccccc1)C(=O)N(c1ccccc1)C3=O. The van der Waals surface area contributed by atoms with Crippen molar-refractivity contribution in [1.82, 2.24) is 0 Å². The summed E-state index contributed by atoms with van der Waals surface area (Å²) in [6.45, 7) is 0. The Morgan fingerprint density at radius 2 is 0.975 bits per heavy atom. The van der Waals surface area contributed by atoms with E-state index in [0.29, 0.717) is 27.2 Å². The van der Waals surface area contributed by atoms with Crippen LogP contribution in [0.2, 0.25) is 0 Å². The molecule has 0 aliphatic carbocycles. The van der Waals surface area contributed by atoms with E-state index in [0.717, 1.165) is 9.80 Å². The number of hydrogen-bond acceptors (Lipinski definition) is 5. The fourth-order valence-corrected chi connectivity index (χ4v) is 6.02. The van der Waals surface area contributed by atoms with Crippen molar-refractivity contribution in [2.75, 3.05) is 15.1 Å². The first-order chi connectivity index (χ1) is 19.5. The molecule has 0 radical (unpaired) electrons. The van der Waals surface area contributed by atoms with Gasteiger partial charge < -0.3 is 5.32 Å². The molecular formula is C32H18BrN3O4. The number of amides is 4. The summed E-state index contributed by atoms with van der Waals surface area (Å²) < 4.78 is 0.361. The first kappa shape index (κ1) is 24.0. The van der Waals surface area contributed by atoms with Crippen LogP contribution in [-0.2, 0) is 0 Å². The molecule has 8 heteroatoms. The minimum Gasteiger partial charge on any atom is -0.355 e. The number of benzene rings is 5. The Bertz CT molecular complexity index is 1910. The molecule has 0 aromatic heterocycles. The molecule has 2 aliphatic heterocycles. The number of hydrogen-bond donors (Lipinski definition) is 1. The van der Waals surface area contributed by atoms with Crippen molar-refractivity contribution in [2.24, 2.45) is 0 Å². The van der Waals surface area contributed by atoms with Crippen LogP contribution in [0.1, 0.15) is 41.4 Å². The quantitative estimate of drug-likeness (QED) is 0.230. The zero-order valence-corrected chi connectivity index (χ0v) is 22.3. The van der Waals surface area contributed by atoms with Gasteiger partial charge in [0.2, 0.25) is 0 Å². The number of rotatable bonds is 4. The lowest BCUT2D eigenvalue weighted by molar-refractivity contribution is 0.0873.